The predicted octanol–water partition coefficient (Wildman–Crippen LogP) is 7.41. The minimum absolute atomic E-state index is 0.496. The van der Waals surface area contributed by atoms with Crippen LogP contribution < -0.4 is 21.2 Å². The van der Waals surface area contributed by atoms with Crippen molar-refractivity contribution in [1.82, 2.24) is 9.97 Å². The summed E-state index contributed by atoms with van der Waals surface area (Å²) in [6.07, 6.45) is 5.98. The van der Waals surface area contributed by atoms with Gasteiger partial charge in [-0.1, -0.05) is 133 Å². The molecular formula is C36H30N2P2. The van der Waals surface area contributed by atoms with E-state index >= 15 is 0 Å². The Morgan fingerprint density at radius 1 is 0.350 bits per heavy atom. The average Bonchev–Trinajstić information content (AvgIpc) is 3.05. The molecule has 0 N–H and O–H groups in total. The molecular weight excluding hydrogens is 522 g/mol. The van der Waals surface area contributed by atoms with Gasteiger partial charge in [0.2, 0.25) is 0 Å². The first kappa shape index (κ1) is 26.3. The number of hydrogen-bond donors (Lipinski definition) is 0. The Labute approximate surface area is 239 Å². The zero-order chi connectivity index (χ0) is 27.0. The molecule has 0 spiro atoms. The molecule has 0 atom stereocenters. The van der Waals surface area contributed by atoms with Crippen LogP contribution in [0.15, 0.2) is 158 Å². The number of rotatable bonds is 9. The lowest BCUT2D eigenvalue weighted by Gasteiger charge is -2.19. The molecule has 194 valence electrons. The summed E-state index contributed by atoms with van der Waals surface area (Å²) >= 11 is 0. The molecule has 2 heterocycles. The van der Waals surface area contributed by atoms with Crippen molar-refractivity contribution in [2.75, 3.05) is 0 Å². The van der Waals surface area contributed by atoms with Gasteiger partial charge >= 0.3 is 0 Å². The Kier molecular flexibility index (Phi) is 8.49. The van der Waals surface area contributed by atoms with E-state index in [0.29, 0.717) is 0 Å². The Bertz CT molecular complexity index is 1400. The highest BCUT2D eigenvalue weighted by molar-refractivity contribution is 7.72. The van der Waals surface area contributed by atoms with E-state index in [4.69, 9.17) is 9.97 Å². The maximum absolute atomic E-state index is 4.83. The summed E-state index contributed by atoms with van der Waals surface area (Å²) in [6.45, 7) is 0. The lowest BCUT2D eigenvalue weighted by atomic mass is 10.2. The van der Waals surface area contributed by atoms with Gasteiger partial charge in [-0.05, 0) is 60.3 Å². The van der Waals surface area contributed by atoms with Crippen LogP contribution in [0.1, 0.15) is 11.1 Å². The van der Waals surface area contributed by atoms with Gasteiger partial charge in [0.25, 0.3) is 0 Å². The summed E-state index contributed by atoms with van der Waals surface area (Å²) in [5.41, 5.74) is 4.31. The van der Waals surface area contributed by atoms with Gasteiger partial charge in [-0.25, -0.2) is 0 Å². The molecule has 2 nitrogen and oxygen atoms in total. The van der Waals surface area contributed by atoms with E-state index in [2.05, 4.69) is 146 Å². The lowest BCUT2D eigenvalue weighted by Crippen LogP contribution is -2.13. The van der Waals surface area contributed by atoms with Gasteiger partial charge in [-0.15, -0.1) is 0 Å². The van der Waals surface area contributed by atoms with E-state index in [0.717, 1.165) is 23.7 Å². The third kappa shape index (κ3) is 6.43. The fourth-order valence-corrected chi connectivity index (χ4v) is 9.36. The minimum Gasteiger partial charge on any atom is -0.254 e. The van der Waals surface area contributed by atoms with Crippen molar-refractivity contribution in [3.05, 3.63) is 169 Å². The molecule has 6 aromatic rings. The van der Waals surface area contributed by atoms with Crippen LogP contribution in [-0.4, -0.2) is 9.97 Å². The normalized spacial score (nSPS) is 11.2. The summed E-state index contributed by atoms with van der Waals surface area (Å²) in [6, 6.07) is 52.0. The highest BCUT2D eigenvalue weighted by atomic mass is 31.1. The Hall–Kier alpha value is -3.96. The molecule has 4 aromatic carbocycles. The molecule has 0 amide bonds. The smallest absolute Gasteiger partial charge is 0.0886 e. The maximum Gasteiger partial charge on any atom is 0.0886 e. The minimum atomic E-state index is -0.496. The van der Waals surface area contributed by atoms with Crippen LogP contribution in [0.5, 0.6) is 0 Å². The quantitative estimate of drug-likeness (QED) is 0.175. The Balaban J connectivity index is 1.19. The third-order valence-corrected chi connectivity index (χ3v) is 11.9. The van der Waals surface area contributed by atoms with Crippen molar-refractivity contribution < 1.29 is 0 Å². The number of pyridine rings is 2. The zero-order valence-corrected chi connectivity index (χ0v) is 24.0. The van der Waals surface area contributed by atoms with Gasteiger partial charge in [-0.3, -0.25) is 9.97 Å². The largest absolute Gasteiger partial charge is 0.254 e. The van der Waals surface area contributed by atoms with E-state index in [9.17, 15) is 0 Å². The number of aromatic nitrogens is 2. The topological polar surface area (TPSA) is 25.8 Å². The number of hydrogen-bond acceptors (Lipinski definition) is 2. The predicted molar refractivity (Wildman–Crippen MR) is 173 cm³/mol. The first-order valence-corrected chi connectivity index (χ1v) is 16.5. The highest BCUT2D eigenvalue weighted by Gasteiger charge is 2.16. The SMILES string of the molecule is c1ccc(P(Cc2ccc(-c3ccc(CP(c4ccccc4)c4ccccc4)cn3)nc2)c2ccccc2)cc1. The second-order valence-corrected chi connectivity index (χ2v) is 14.0. The van der Waals surface area contributed by atoms with Crippen LogP contribution in [-0.2, 0) is 12.3 Å². The molecule has 0 saturated heterocycles. The van der Waals surface area contributed by atoms with Crippen molar-refractivity contribution in [3.8, 4) is 11.4 Å². The van der Waals surface area contributed by atoms with Gasteiger partial charge in [0, 0.05) is 24.7 Å². The average molecular weight is 553 g/mol. The van der Waals surface area contributed by atoms with Crippen LogP contribution in [0.4, 0.5) is 0 Å². The first-order valence-electron chi connectivity index (χ1n) is 13.5. The van der Waals surface area contributed by atoms with Crippen molar-refractivity contribution in [3.63, 3.8) is 0 Å². The Morgan fingerprint density at radius 2 is 0.650 bits per heavy atom. The summed E-state index contributed by atoms with van der Waals surface area (Å²) in [5.74, 6) is 0. The molecule has 40 heavy (non-hydrogen) atoms. The second-order valence-electron chi connectivity index (χ2n) is 9.62. The summed E-state index contributed by atoms with van der Waals surface area (Å²) < 4.78 is 0. The zero-order valence-electron chi connectivity index (χ0n) is 22.2. The first-order chi connectivity index (χ1) is 19.8. The summed E-state index contributed by atoms with van der Waals surface area (Å²) in [5, 5.41) is 5.54. The summed E-state index contributed by atoms with van der Waals surface area (Å²) in [7, 11) is -0.993. The van der Waals surface area contributed by atoms with Gasteiger partial charge in [0.05, 0.1) is 11.4 Å². The molecule has 0 aliphatic heterocycles. The molecule has 0 unspecified atom stereocenters. The van der Waals surface area contributed by atoms with E-state index in [1.807, 2.05) is 12.4 Å². The van der Waals surface area contributed by atoms with Gasteiger partial charge in [0.15, 0.2) is 0 Å². The highest BCUT2D eigenvalue weighted by Crippen LogP contribution is 2.39. The van der Waals surface area contributed by atoms with E-state index < -0.39 is 15.8 Å². The molecule has 6 rings (SSSR count). The fraction of sp³-hybridized carbons (Fsp3) is 0.0556. The lowest BCUT2D eigenvalue weighted by molar-refractivity contribution is 1.19. The van der Waals surface area contributed by atoms with Crippen LogP contribution in [0.3, 0.4) is 0 Å². The monoisotopic (exact) mass is 552 g/mol. The molecule has 0 radical (unpaired) electrons. The third-order valence-electron chi connectivity index (χ3n) is 6.86. The molecule has 0 aliphatic rings. The summed E-state index contributed by atoms with van der Waals surface area (Å²) in [4.78, 5) is 9.65. The number of benzene rings is 4. The Morgan fingerprint density at radius 3 is 0.900 bits per heavy atom. The molecule has 0 bridgehead atoms. The van der Waals surface area contributed by atoms with Crippen LogP contribution >= 0.6 is 15.8 Å². The molecule has 0 saturated carbocycles. The van der Waals surface area contributed by atoms with Crippen molar-refractivity contribution >= 4 is 37.1 Å². The van der Waals surface area contributed by atoms with Crippen LogP contribution in [0.25, 0.3) is 11.4 Å². The van der Waals surface area contributed by atoms with Gasteiger partial charge in [-0.2, -0.15) is 0 Å². The van der Waals surface area contributed by atoms with Crippen molar-refractivity contribution in [2.45, 2.75) is 12.3 Å². The molecule has 4 heteroatoms. The second kappa shape index (κ2) is 12.9. The molecule has 0 aliphatic carbocycles. The van der Waals surface area contributed by atoms with E-state index in [-0.39, 0.29) is 0 Å². The van der Waals surface area contributed by atoms with Gasteiger partial charge in [0.1, 0.15) is 0 Å². The standard InChI is InChI=1S/C36H30N2P2/c1-5-13-31(14-6-1)39(32-15-7-2-8-16-32)27-29-21-23-35(37-25-29)36-24-22-30(26-38-36)28-40(33-17-9-3-10-18-33)34-19-11-4-12-20-34/h1-26H,27-28H2. The van der Waals surface area contributed by atoms with Gasteiger partial charge < -0.3 is 0 Å². The molecule has 0 fully saturated rings. The van der Waals surface area contributed by atoms with E-state index in [1.165, 1.54) is 32.3 Å². The maximum atomic E-state index is 4.83. The fourth-order valence-electron chi connectivity index (χ4n) is 4.80. The van der Waals surface area contributed by atoms with Crippen LogP contribution in [0.2, 0.25) is 0 Å². The van der Waals surface area contributed by atoms with E-state index in [1.54, 1.807) is 0 Å². The number of nitrogens with zero attached hydrogens (tertiary/aromatic N) is 2. The molecule has 2 aromatic heterocycles. The van der Waals surface area contributed by atoms with Crippen LogP contribution in [0, 0.1) is 0 Å². The van der Waals surface area contributed by atoms with Crippen molar-refractivity contribution in [2.24, 2.45) is 0 Å². The van der Waals surface area contributed by atoms with Crippen molar-refractivity contribution in [1.29, 1.82) is 0 Å².